The summed E-state index contributed by atoms with van der Waals surface area (Å²) in [7, 11) is 0. The van der Waals surface area contributed by atoms with E-state index in [0.29, 0.717) is 25.4 Å². The summed E-state index contributed by atoms with van der Waals surface area (Å²) in [6.07, 6.45) is 3.44. The first-order valence-electron chi connectivity index (χ1n) is 7.55. The summed E-state index contributed by atoms with van der Waals surface area (Å²) in [5.41, 5.74) is 6.52. The van der Waals surface area contributed by atoms with Crippen molar-refractivity contribution in [1.29, 1.82) is 0 Å². The Morgan fingerprint density at radius 1 is 1.33 bits per heavy atom. The second-order valence-electron chi connectivity index (χ2n) is 5.32. The second kappa shape index (κ2) is 8.64. The summed E-state index contributed by atoms with van der Waals surface area (Å²) < 4.78 is 11.0. The zero-order valence-electron chi connectivity index (χ0n) is 12.3. The lowest BCUT2D eigenvalue weighted by Crippen LogP contribution is -2.30. The topological polar surface area (TPSA) is 73.6 Å². The molecule has 3 N–H and O–H groups in total. The molecule has 0 bridgehead atoms. The molecule has 1 aliphatic carbocycles. The van der Waals surface area contributed by atoms with Gasteiger partial charge in [0, 0.05) is 31.9 Å². The van der Waals surface area contributed by atoms with Crippen molar-refractivity contribution in [3.8, 4) is 5.75 Å². The van der Waals surface area contributed by atoms with Gasteiger partial charge in [-0.15, -0.1) is 0 Å². The van der Waals surface area contributed by atoms with E-state index in [-0.39, 0.29) is 12.5 Å². The lowest BCUT2D eigenvalue weighted by atomic mass is 10.2. The van der Waals surface area contributed by atoms with E-state index in [0.717, 1.165) is 24.5 Å². The molecule has 0 aliphatic heterocycles. The van der Waals surface area contributed by atoms with Crippen molar-refractivity contribution in [3.63, 3.8) is 0 Å². The number of rotatable bonds is 10. The number of carbonyl (C=O) groups excluding carboxylic acids is 1. The Morgan fingerprint density at radius 2 is 2.14 bits per heavy atom. The molecule has 116 valence electrons. The van der Waals surface area contributed by atoms with Crippen LogP contribution in [0.5, 0.6) is 5.75 Å². The average molecular weight is 292 g/mol. The van der Waals surface area contributed by atoms with Crippen LogP contribution in [0.25, 0.3) is 0 Å². The molecule has 1 saturated carbocycles. The lowest BCUT2D eigenvalue weighted by Gasteiger charge is -2.10. The normalized spacial score (nSPS) is 14.0. The van der Waals surface area contributed by atoms with Gasteiger partial charge in [0.25, 0.3) is 5.91 Å². The highest BCUT2D eigenvalue weighted by Crippen LogP contribution is 2.28. The summed E-state index contributed by atoms with van der Waals surface area (Å²) >= 11 is 0. The van der Waals surface area contributed by atoms with Crippen LogP contribution in [0, 0.1) is 5.92 Å². The Hall–Kier alpha value is -1.59. The van der Waals surface area contributed by atoms with Crippen molar-refractivity contribution in [1.82, 2.24) is 5.32 Å². The van der Waals surface area contributed by atoms with Crippen LogP contribution in [0.1, 0.15) is 24.8 Å². The maximum Gasteiger partial charge on any atom is 0.257 e. The highest BCUT2D eigenvalue weighted by atomic mass is 16.5. The molecule has 1 fully saturated rings. The Balaban J connectivity index is 1.54. The van der Waals surface area contributed by atoms with Crippen molar-refractivity contribution < 1.29 is 14.3 Å². The largest absolute Gasteiger partial charge is 0.483 e. The molecule has 1 aromatic rings. The Kier molecular flexibility index (Phi) is 6.50. The zero-order valence-corrected chi connectivity index (χ0v) is 12.3. The van der Waals surface area contributed by atoms with E-state index < -0.39 is 0 Å². The van der Waals surface area contributed by atoms with Crippen molar-refractivity contribution >= 4 is 5.91 Å². The summed E-state index contributed by atoms with van der Waals surface area (Å²) in [6.45, 7) is 2.60. The maximum absolute atomic E-state index is 11.7. The van der Waals surface area contributed by atoms with Crippen molar-refractivity contribution in [2.75, 3.05) is 26.4 Å². The quantitative estimate of drug-likeness (QED) is 0.640. The van der Waals surface area contributed by atoms with Crippen LogP contribution < -0.4 is 15.8 Å². The summed E-state index contributed by atoms with van der Waals surface area (Å²) in [4.78, 5) is 11.7. The van der Waals surface area contributed by atoms with Gasteiger partial charge >= 0.3 is 0 Å². The first-order valence-corrected chi connectivity index (χ1v) is 7.55. The highest BCUT2D eigenvalue weighted by Gasteiger charge is 2.20. The predicted molar refractivity (Wildman–Crippen MR) is 81.0 cm³/mol. The molecular weight excluding hydrogens is 268 g/mol. The van der Waals surface area contributed by atoms with E-state index in [2.05, 4.69) is 5.32 Å². The molecule has 1 amide bonds. The third-order valence-electron chi connectivity index (χ3n) is 3.39. The number of hydrogen-bond acceptors (Lipinski definition) is 4. The van der Waals surface area contributed by atoms with Crippen LogP contribution in [0.3, 0.4) is 0 Å². The number of nitrogens with two attached hydrogens (primary N) is 1. The Morgan fingerprint density at radius 3 is 2.90 bits per heavy atom. The van der Waals surface area contributed by atoms with Crippen LogP contribution in [-0.2, 0) is 16.1 Å². The second-order valence-corrected chi connectivity index (χ2v) is 5.32. The first kappa shape index (κ1) is 15.8. The third kappa shape index (κ3) is 6.14. The molecule has 0 spiro atoms. The third-order valence-corrected chi connectivity index (χ3v) is 3.39. The first-order chi connectivity index (χ1) is 10.3. The molecule has 5 heteroatoms. The Labute approximate surface area is 125 Å². The molecule has 0 atom stereocenters. The van der Waals surface area contributed by atoms with E-state index in [1.54, 1.807) is 0 Å². The van der Waals surface area contributed by atoms with Gasteiger partial charge in [-0.1, -0.05) is 18.2 Å². The average Bonchev–Trinajstić information content (AvgIpc) is 3.33. The fourth-order valence-corrected chi connectivity index (χ4v) is 1.94. The SMILES string of the molecule is NCc1ccccc1OCC(=O)NCCCOCC1CC1. The van der Waals surface area contributed by atoms with Gasteiger partial charge in [-0.3, -0.25) is 4.79 Å². The molecule has 0 aromatic heterocycles. The van der Waals surface area contributed by atoms with Crippen LogP contribution in [0.4, 0.5) is 0 Å². The molecule has 0 unspecified atom stereocenters. The standard InChI is InChI=1S/C16H24N2O3/c17-10-14-4-1-2-5-15(14)21-12-16(19)18-8-3-9-20-11-13-6-7-13/h1-2,4-5,13H,3,6-12,17H2,(H,18,19). The monoisotopic (exact) mass is 292 g/mol. The lowest BCUT2D eigenvalue weighted by molar-refractivity contribution is -0.123. The molecule has 0 radical (unpaired) electrons. The van der Waals surface area contributed by atoms with Gasteiger partial charge in [0.15, 0.2) is 6.61 Å². The van der Waals surface area contributed by atoms with Crippen molar-refractivity contribution in [3.05, 3.63) is 29.8 Å². The molecule has 5 nitrogen and oxygen atoms in total. The zero-order chi connectivity index (χ0) is 14.9. The van der Waals surface area contributed by atoms with E-state index in [4.69, 9.17) is 15.2 Å². The van der Waals surface area contributed by atoms with Crippen LogP contribution in [0.15, 0.2) is 24.3 Å². The Bertz CT molecular complexity index is 447. The fraction of sp³-hybridized carbons (Fsp3) is 0.562. The smallest absolute Gasteiger partial charge is 0.257 e. The summed E-state index contributed by atoms with van der Waals surface area (Å²) in [5, 5.41) is 2.82. The number of carbonyl (C=O) groups is 1. The van der Waals surface area contributed by atoms with Gasteiger partial charge in [-0.05, 0) is 31.2 Å². The van der Waals surface area contributed by atoms with Gasteiger partial charge in [-0.2, -0.15) is 0 Å². The summed E-state index contributed by atoms with van der Waals surface area (Å²) in [6, 6.07) is 7.48. The van der Waals surface area contributed by atoms with Gasteiger partial charge in [0.1, 0.15) is 5.75 Å². The molecule has 0 heterocycles. The maximum atomic E-state index is 11.7. The molecule has 0 saturated heterocycles. The van der Waals surface area contributed by atoms with Gasteiger partial charge < -0.3 is 20.5 Å². The number of benzene rings is 1. The minimum absolute atomic E-state index is 0.0138. The summed E-state index contributed by atoms with van der Waals surface area (Å²) in [5.74, 6) is 1.34. The van der Waals surface area contributed by atoms with E-state index in [1.807, 2.05) is 24.3 Å². The molecule has 1 aromatic carbocycles. The predicted octanol–water partition coefficient (Wildman–Crippen LogP) is 1.46. The number of hydrogen-bond donors (Lipinski definition) is 2. The van der Waals surface area contributed by atoms with E-state index >= 15 is 0 Å². The fourth-order valence-electron chi connectivity index (χ4n) is 1.94. The van der Waals surface area contributed by atoms with Crippen molar-refractivity contribution in [2.45, 2.75) is 25.8 Å². The van der Waals surface area contributed by atoms with E-state index in [9.17, 15) is 4.79 Å². The molecule has 21 heavy (non-hydrogen) atoms. The number of ether oxygens (including phenoxy) is 2. The minimum atomic E-state index is -0.121. The number of para-hydroxylation sites is 1. The van der Waals surface area contributed by atoms with Crippen LogP contribution in [0.2, 0.25) is 0 Å². The number of amides is 1. The van der Waals surface area contributed by atoms with Crippen molar-refractivity contribution in [2.24, 2.45) is 11.7 Å². The van der Waals surface area contributed by atoms with E-state index in [1.165, 1.54) is 12.8 Å². The van der Waals surface area contributed by atoms with Crippen LogP contribution >= 0.6 is 0 Å². The van der Waals surface area contributed by atoms with Crippen LogP contribution in [-0.4, -0.2) is 32.3 Å². The number of nitrogens with one attached hydrogen (secondary N) is 1. The minimum Gasteiger partial charge on any atom is -0.483 e. The molecule has 1 aliphatic rings. The highest BCUT2D eigenvalue weighted by molar-refractivity contribution is 5.77. The van der Waals surface area contributed by atoms with Gasteiger partial charge in [0.05, 0.1) is 0 Å². The van der Waals surface area contributed by atoms with Gasteiger partial charge in [-0.25, -0.2) is 0 Å². The molecule has 2 rings (SSSR count). The van der Waals surface area contributed by atoms with Gasteiger partial charge in [0.2, 0.25) is 0 Å². The molecular formula is C16H24N2O3.